The molecule has 0 aromatic heterocycles. The van der Waals surface area contributed by atoms with Crippen LogP contribution in [0, 0.1) is 6.07 Å². The van der Waals surface area contributed by atoms with Crippen LogP contribution in [0.4, 0.5) is 0 Å². The van der Waals surface area contributed by atoms with Crippen molar-refractivity contribution in [1.29, 1.82) is 0 Å². The molecule has 2 rings (SSSR count). The molecule has 0 amide bonds. The van der Waals surface area contributed by atoms with E-state index in [1.165, 1.54) is 24.3 Å². The van der Waals surface area contributed by atoms with E-state index in [1.54, 1.807) is 13.0 Å². The Labute approximate surface area is 226 Å². The van der Waals surface area contributed by atoms with Crippen molar-refractivity contribution in [2.24, 2.45) is 0 Å². The van der Waals surface area contributed by atoms with Crippen LogP contribution in [-0.2, 0) is 29.7 Å². The van der Waals surface area contributed by atoms with Crippen LogP contribution >= 0.6 is 0 Å². The SMILES string of the molecule is CCCCOC(=O)c1[c-]c(S(=O)(=O)O)c(-c2ccccc2)c(C(=O)OCCCC)c1S(=O)(=O)O.[Na+]. The number of unbranched alkanes of at least 4 members (excludes halogenated alkanes) is 2. The van der Waals surface area contributed by atoms with Crippen molar-refractivity contribution in [2.45, 2.75) is 49.3 Å². The standard InChI is InChI=1S/C22H25O10S2.Na/c1-3-5-12-31-21(23)16-14-17(33(25,26)27)18(15-10-8-7-9-11-15)19(20(16)34(28,29)30)22(24)32-13-6-4-2;/h7-11H,3-6,12-13H2,1-2H3,(H,25,26,27)(H,28,29,30);/q-1;+1. The first-order valence-corrected chi connectivity index (χ1v) is 13.3. The third-order valence-electron chi connectivity index (χ3n) is 4.62. The van der Waals surface area contributed by atoms with Gasteiger partial charge in [0.15, 0.2) is 0 Å². The summed E-state index contributed by atoms with van der Waals surface area (Å²) in [6.45, 7) is 3.32. The summed E-state index contributed by atoms with van der Waals surface area (Å²) in [5.41, 5.74) is -2.58. The molecule has 10 nitrogen and oxygen atoms in total. The van der Waals surface area contributed by atoms with Gasteiger partial charge in [-0.05, 0) is 18.4 Å². The molecule has 0 heterocycles. The minimum atomic E-state index is -5.32. The number of esters is 2. The molecular formula is C22H25NaO10S2. The fourth-order valence-electron chi connectivity index (χ4n) is 3.02. The van der Waals surface area contributed by atoms with Crippen molar-refractivity contribution in [1.82, 2.24) is 0 Å². The predicted octanol–water partition coefficient (Wildman–Crippen LogP) is 0.565. The number of carbonyl (C=O) groups is 2. The minimum Gasteiger partial charge on any atom is -0.505 e. The Morgan fingerprint density at radius 3 is 1.83 bits per heavy atom. The Balaban J connectivity index is 0.00000612. The molecule has 0 spiro atoms. The van der Waals surface area contributed by atoms with Crippen molar-refractivity contribution in [2.75, 3.05) is 13.2 Å². The molecule has 2 aromatic rings. The Morgan fingerprint density at radius 2 is 1.37 bits per heavy atom. The first-order chi connectivity index (χ1) is 15.9. The smallest absolute Gasteiger partial charge is 0.505 e. The topological polar surface area (TPSA) is 161 Å². The van der Waals surface area contributed by atoms with Gasteiger partial charge in [-0.25, -0.2) is 13.2 Å². The predicted molar refractivity (Wildman–Crippen MR) is 121 cm³/mol. The molecule has 35 heavy (non-hydrogen) atoms. The van der Waals surface area contributed by atoms with Crippen LogP contribution in [0.25, 0.3) is 11.1 Å². The molecule has 186 valence electrons. The molecule has 0 aliphatic carbocycles. The third kappa shape index (κ3) is 8.10. The summed E-state index contributed by atoms with van der Waals surface area (Å²) < 4.78 is 79.3. The molecule has 0 saturated carbocycles. The average Bonchev–Trinajstić information content (AvgIpc) is 2.77. The van der Waals surface area contributed by atoms with Gasteiger partial charge < -0.3 is 14.3 Å². The van der Waals surface area contributed by atoms with Crippen molar-refractivity contribution < 1.29 is 74.6 Å². The zero-order valence-electron chi connectivity index (χ0n) is 19.6. The van der Waals surface area contributed by atoms with Crippen molar-refractivity contribution in [3.8, 4) is 11.1 Å². The molecule has 0 bridgehead atoms. The zero-order chi connectivity index (χ0) is 25.5. The Morgan fingerprint density at radius 1 is 0.857 bits per heavy atom. The van der Waals surface area contributed by atoms with E-state index in [2.05, 4.69) is 6.07 Å². The summed E-state index contributed by atoms with van der Waals surface area (Å²) >= 11 is 0. The van der Waals surface area contributed by atoms with Gasteiger partial charge in [0.1, 0.15) is 0 Å². The number of benzene rings is 2. The summed E-state index contributed by atoms with van der Waals surface area (Å²) in [7, 11) is -10.5. The Kier molecular flexibility index (Phi) is 12.0. The van der Waals surface area contributed by atoms with E-state index in [0.29, 0.717) is 25.7 Å². The van der Waals surface area contributed by atoms with Gasteiger partial charge >= 0.3 is 35.5 Å². The summed E-state index contributed by atoms with van der Waals surface area (Å²) in [4.78, 5) is 23.5. The average molecular weight is 537 g/mol. The van der Waals surface area contributed by atoms with Gasteiger partial charge in [0.2, 0.25) is 0 Å². The number of hydrogen-bond donors (Lipinski definition) is 2. The molecular weight excluding hydrogens is 511 g/mol. The second-order valence-corrected chi connectivity index (χ2v) is 9.92. The molecule has 0 radical (unpaired) electrons. The monoisotopic (exact) mass is 536 g/mol. The second-order valence-electron chi connectivity index (χ2n) is 7.20. The van der Waals surface area contributed by atoms with Gasteiger partial charge in [-0.2, -0.15) is 8.42 Å². The van der Waals surface area contributed by atoms with Gasteiger partial charge in [0, 0.05) is 15.4 Å². The Hall–Kier alpha value is -1.80. The van der Waals surface area contributed by atoms with Gasteiger partial charge in [0.25, 0.3) is 26.2 Å². The molecule has 0 saturated heterocycles. The van der Waals surface area contributed by atoms with Crippen molar-refractivity contribution in [3.63, 3.8) is 0 Å². The fraction of sp³-hybridized carbons (Fsp3) is 0.364. The first kappa shape index (κ1) is 31.2. The van der Waals surface area contributed by atoms with Crippen molar-refractivity contribution >= 4 is 32.2 Å². The van der Waals surface area contributed by atoms with E-state index in [1.807, 2.05) is 6.92 Å². The molecule has 0 aliphatic rings. The maximum Gasteiger partial charge on any atom is 1.00 e. The molecule has 0 atom stereocenters. The summed E-state index contributed by atoms with van der Waals surface area (Å²) in [6, 6.07) is 9.25. The van der Waals surface area contributed by atoms with E-state index in [9.17, 15) is 35.5 Å². The maximum atomic E-state index is 13.1. The summed E-state index contributed by atoms with van der Waals surface area (Å²) in [6.07, 6.45) is 2.06. The van der Waals surface area contributed by atoms with Gasteiger partial charge in [-0.15, -0.1) is 6.07 Å². The van der Waals surface area contributed by atoms with E-state index in [4.69, 9.17) is 9.47 Å². The molecule has 2 N–H and O–H groups in total. The first-order valence-electron chi connectivity index (χ1n) is 10.4. The Bertz CT molecular complexity index is 1260. The largest absolute Gasteiger partial charge is 1.00 e. The second kappa shape index (κ2) is 13.5. The van der Waals surface area contributed by atoms with Gasteiger partial charge in [0.05, 0.1) is 13.2 Å². The van der Waals surface area contributed by atoms with Gasteiger partial charge in [-0.1, -0.05) is 68.1 Å². The van der Waals surface area contributed by atoms with Crippen LogP contribution in [0.5, 0.6) is 0 Å². The summed E-state index contributed by atoms with van der Waals surface area (Å²) in [5.74, 6) is -2.67. The molecule has 0 unspecified atom stereocenters. The number of rotatable bonds is 11. The van der Waals surface area contributed by atoms with Crippen LogP contribution in [0.15, 0.2) is 40.1 Å². The third-order valence-corrected chi connectivity index (χ3v) is 6.36. The van der Waals surface area contributed by atoms with Gasteiger partial charge in [-0.3, -0.25) is 9.11 Å². The van der Waals surface area contributed by atoms with Crippen LogP contribution in [0.2, 0.25) is 0 Å². The van der Waals surface area contributed by atoms with E-state index in [0.717, 1.165) is 0 Å². The summed E-state index contributed by atoms with van der Waals surface area (Å²) in [5, 5.41) is 0. The van der Waals surface area contributed by atoms with Crippen LogP contribution in [0.1, 0.15) is 60.2 Å². The number of hydrogen-bond acceptors (Lipinski definition) is 8. The van der Waals surface area contributed by atoms with E-state index in [-0.39, 0.29) is 48.3 Å². The molecule has 13 heteroatoms. The molecule has 0 aliphatic heterocycles. The quantitative estimate of drug-likeness (QED) is 0.136. The minimum absolute atomic E-state index is 0. The van der Waals surface area contributed by atoms with Crippen LogP contribution < -0.4 is 29.6 Å². The number of ether oxygens (including phenoxy) is 2. The van der Waals surface area contributed by atoms with E-state index < -0.39 is 58.7 Å². The fourth-order valence-corrected chi connectivity index (χ4v) is 4.56. The molecule has 0 fully saturated rings. The number of carbonyl (C=O) groups excluding carboxylic acids is 2. The van der Waals surface area contributed by atoms with E-state index >= 15 is 0 Å². The molecule has 2 aromatic carbocycles. The maximum absolute atomic E-state index is 13.1. The normalized spacial score (nSPS) is 11.4. The van der Waals surface area contributed by atoms with Crippen molar-refractivity contribution in [3.05, 3.63) is 47.5 Å². The zero-order valence-corrected chi connectivity index (χ0v) is 23.2. The van der Waals surface area contributed by atoms with Crippen LogP contribution in [-0.4, -0.2) is 51.1 Å². The van der Waals surface area contributed by atoms with Crippen LogP contribution in [0.3, 0.4) is 0 Å².